The Balaban J connectivity index is 2.07. The molecule has 30 heavy (non-hydrogen) atoms. The van der Waals surface area contributed by atoms with E-state index in [9.17, 15) is 15.0 Å². The van der Waals surface area contributed by atoms with Crippen LogP contribution < -0.4 is 14.8 Å². The molecule has 8 heteroatoms. The van der Waals surface area contributed by atoms with E-state index in [0.717, 1.165) is 0 Å². The standard InChI is InChI=1S/C22H26N2O6/c1-4-30-22(27)18-14(23)11-15(12-7-5-9-16(28-2)20(12)25)24-19(18)13-8-6-10-17(29-3)21(13)26/h5-10,15,18-19,23-26H,4,11H2,1-3H3/t15-,18-,19-/m1/s1. The number of hydrogen-bond donors (Lipinski definition) is 4. The zero-order valence-corrected chi connectivity index (χ0v) is 17.1. The van der Waals surface area contributed by atoms with Gasteiger partial charge in [0, 0.05) is 29.3 Å². The van der Waals surface area contributed by atoms with Gasteiger partial charge in [-0.3, -0.25) is 4.79 Å². The summed E-state index contributed by atoms with van der Waals surface area (Å²) in [7, 11) is 2.90. The number of nitrogens with one attached hydrogen (secondary N) is 2. The summed E-state index contributed by atoms with van der Waals surface area (Å²) in [4.78, 5) is 12.7. The van der Waals surface area contributed by atoms with Crippen LogP contribution in [0.3, 0.4) is 0 Å². The molecule has 1 fully saturated rings. The highest BCUT2D eigenvalue weighted by atomic mass is 16.5. The fourth-order valence-corrected chi connectivity index (χ4v) is 3.84. The number of phenolic OH excluding ortho intramolecular Hbond substituents is 2. The molecule has 0 amide bonds. The van der Waals surface area contributed by atoms with Gasteiger partial charge in [-0.25, -0.2) is 0 Å². The van der Waals surface area contributed by atoms with Crippen LogP contribution in [0.5, 0.6) is 23.0 Å². The van der Waals surface area contributed by atoms with E-state index in [0.29, 0.717) is 16.9 Å². The van der Waals surface area contributed by atoms with Crippen LogP contribution in [-0.4, -0.2) is 42.7 Å². The summed E-state index contributed by atoms with van der Waals surface area (Å²) in [5, 5.41) is 33.2. The van der Waals surface area contributed by atoms with Crippen molar-refractivity contribution < 1.29 is 29.2 Å². The lowest BCUT2D eigenvalue weighted by molar-refractivity contribution is -0.146. The topological polar surface area (TPSA) is 121 Å². The van der Waals surface area contributed by atoms with E-state index in [1.165, 1.54) is 14.2 Å². The first-order valence-electron chi connectivity index (χ1n) is 9.64. The molecule has 8 nitrogen and oxygen atoms in total. The molecule has 4 N–H and O–H groups in total. The Morgan fingerprint density at radius 2 is 1.63 bits per heavy atom. The highest BCUT2D eigenvalue weighted by Gasteiger charge is 2.42. The molecule has 0 saturated carbocycles. The van der Waals surface area contributed by atoms with E-state index in [1.807, 2.05) is 0 Å². The smallest absolute Gasteiger partial charge is 0.316 e. The van der Waals surface area contributed by atoms with Crippen molar-refractivity contribution >= 4 is 11.7 Å². The second kappa shape index (κ2) is 9.04. The number of ether oxygens (including phenoxy) is 3. The predicted octanol–water partition coefficient (Wildman–Crippen LogP) is 3.09. The average Bonchev–Trinajstić information content (AvgIpc) is 2.73. The van der Waals surface area contributed by atoms with E-state index in [-0.39, 0.29) is 36.0 Å². The number of hydrogen-bond acceptors (Lipinski definition) is 8. The number of aromatic hydroxyl groups is 2. The maximum absolute atomic E-state index is 12.7. The van der Waals surface area contributed by atoms with Crippen LogP contribution in [0.15, 0.2) is 36.4 Å². The molecule has 1 saturated heterocycles. The summed E-state index contributed by atoms with van der Waals surface area (Å²) in [6.07, 6.45) is 0.186. The second-order valence-corrected chi connectivity index (χ2v) is 6.95. The van der Waals surface area contributed by atoms with Gasteiger partial charge in [0.15, 0.2) is 23.0 Å². The summed E-state index contributed by atoms with van der Waals surface area (Å²) in [6, 6.07) is 8.86. The van der Waals surface area contributed by atoms with Crippen molar-refractivity contribution in [3.8, 4) is 23.0 Å². The number of phenols is 2. The fraction of sp³-hybridized carbons (Fsp3) is 0.364. The first kappa shape index (κ1) is 21.4. The van der Waals surface area contributed by atoms with Crippen molar-refractivity contribution in [3.05, 3.63) is 47.5 Å². The number of esters is 1. The summed E-state index contributed by atoms with van der Waals surface area (Å²) >= 11 is 0. The number of para-hydroxylation sites is 2. The third-order valence-electron chi connectivity index (χ3n) is 5.26. The minimum atomic E-state index is -0.924. The maximum Gasteiger partial charge on any atom is 0.316 e. The van der Waals surface area contributed by atoms with Gasteiger partial charge in [0.1, 0.15) is 5.92 Å². The fourth-order valence-electron chi connectivity index (χ4n) is 3.84. The van der Waals surface area contributed by atoms with E-state index < -0.39 is 24.0 Å². The normalized spacial score (nSPS) is 21.2. The van der Waals surface area contributed by atoms with Gasteiger partial charge in [0.2, 0.25) is 0 Å². The summed E-state index contributed by atoms with van der Waals surface area (Å²) < 4.78 is 15.6. The average molecular weight is 414 g/mol. The van der Waals surface area contributed by atoms with Crippen LogP contribution in [-0.2, 0) is 9.53 Å². The third-order valence-corrected chi connectivity index (χ3v) is 5.26. The van der Waals surface area contributed by atoms with Crippen molar-refractivity contribution in [2.45, 2.75) is 25.4 Å². The Bertz CT molecular complexity index is 945. The highest BCUT2D eigenvalue weighted by molar-refractivity contribution is 6.02. The Kier molecular flexibility index (Phi) is 6.47. The lowest BCUT2D eigenvalue weighted by atomic mass is 9.80. The molecule has 2 aromatic carbocycles. The molecular weight excluding hydrogens is 388 g/mol. The SMILES string of the molecule is CCOC(=O)[C@@H]1C(=N)C[C@H](c2cccc(OC)c2O)N[C@@H]1c1cccc(OC)c1O. The summed E-state index contributed by atoms with van der Waals surface area (Å²) in [5.74, 6) is -1.05. The van der Waals surface area contributed by atoms with Crippen molar-refractivity contribution in [3.63, 3.8) is 0 Å². The van der Waals surface area contributed by atoms with Gasteiger partial charge in [-0.15, -0.1) is 0 Å². The molecule has 1 aliphatic heterocycles. The first-order chi connectivity index (χ1) is 14.4. The molecule has 0 aliphatic carbocycles. The van der Waals surface area contributed by atoms with Crippen LogP contribution in [0.4, 0.5) is 0 Å². The van der Waals surface area contributed by atoms with Gasteiger partial charge >= 0.3 is 5.97 Å². The summed E-state index contributed by atoms with van der Waals surface area (Å²) in [5.41, 5.74) is 1.09. The number of carbonyl (C=O) groups excluding carboxylic acids is 1. The minimum absolute atomic E-state index is 0.0338. The van der Waals surface area contributed by atoms with Gasteiger partial charge in [-0.1, -0.05) is 24.3 Å². The molecule has 0 bridgehead atoms. The van der Waals surface area contributed by atoms with Crippen LogP contribution in [0.2, 0.25) is 0 Å². The number of piperidine rings is 1. The highest BCUT2D eigenvalue weighted by Crippen LogP contribution is 2.44. The molecule has 3 rings (SSSR count). The molecule has 0 radical (unpaired) electrons. The first-order valence-corrected chi connectivity index (χ1v) is 9.64. The second-order valence-electron chi connectivity index (χ2n) is 6.95. The number of benzene rings is 2. The molecule has 1 heterocycles. The Morgan fingerprint density at radius 3 is 2.20 bits per heavy atom. The van der Waals surface area contributed by atoms with Crippen molar-refractivity contribution in [2.75, 3.05) is 20.8 Å². The number of carbonyl (C=O) groups is 1. The quantitative estimate of drug-likeness (QED) is 0.536. The molecular formula is C22H26N2O6. The number of methoxy groups -OCH3 is 2. The van der Waals surface area contributed by atoms with E-state index in [1.54, 1.807) is 43.3 Å². The van der Waals surface area contributed by atoms with Crippen LogP contribution in [0.25, 0.3) is 0 Å². The van der Waals surface area contributed by atoms with Gasteiger partial charge < -0.3 is 35.1 Å². The van der Waals surface area contributed by atoms with E-state index in [2.05, 4.69) is 5.32 Å². The van der Waals surface area contributed by atoms with Crippen LogP contribution in [0, 0.1) is 11.3 Å². The Morgan fingerprint density at radius 1 is 1.07 bits per heavy atom. The summed E-state index contributed by atoms with van der Waals surface area (Å²) in [6.45, 7) is 1.88. The van der Waals surface area contributed by atoms with Gasteiger partial charge in [-0.05, 0) is 19.1 Å². The minimum Gasteiger partial charge on any atom is -0.504 e. The van der Waals surface area contributed by atoms with Crippen LogP contribution in [0.1, 0.15) is 36.6 Å². The van der Waals surface area contributed by atoms with E-state index in [4.69, 9.17) is 19.6 Å². The van der Waals surface area contributed by atoms with Crippen molar-refractivity contribution in [1.82, 2.24) is 5.32 Å². The zero-order chi connectivity index (χ0) is 21.8. The largest absolute Gasteiger partial charge is 0.504 e. The predicted molar refractivity (Wildman–Crippen MR) is 110 cm³/mol. The lowest BCUT2D eigenvalue weighted by Crippen LogP contribution is -2.46. The molecule has 1 aliphatic rings. The molecule has 0 unspecified atom stereocenters. The monoisotopic (exact) mass is 414 g/mol. The maximum atomic E-state index is 12.7. The number of rotatable bonds is 6. The van der Waals surface area contributed by atoms with Crippen LogP contribution >= 0.6 is 0 Å². The van der Waals surface area contributed by atoms with Gasteiger partial charge in [-0.2, -0.15) is 0 Å². The molecule has 2 aromatic rings. The van der Waals surface area contributed by atoms with Gasteiger partial charge in [0.05, 0.1) is 26.9 Å². The lowest BCUT2D eigenvalue weighted by Gasteiger charge is -2.37. The van der Waals surface area contributed by atoms with Gasteiger partial charge in [0.25, 0.3) is 0 Å². The van der Waals surface area contributed by atoms with E-state index >= 15 is 0 Å². The molecule has 0 spiro atoms. The Hall–Kier alpha value is -3.26. The van der Waals surface area contributed by atoms with Crippen molar-refractivity contribution in [1.29, 1.82) is 5.41 Å². The zero-order valence-electron chi connectivity index (χ0n) is 17.1. The Labute approximate surface area is 174 Å². The molecule has 0 aromatic heterocycles. The molecule has 160 valence electrons. The van der Waals surface area contributed by atoms with Crippen molar-refractivity contribution in [2.24, 2.45) is 5.92 Å². The third kappa shape index (κ3) is 3.91. The molecule has 3 atom stereocenters.